The number of aromatic nitrogens is 2. The summed E-state index contributed by atoms with van der Waals surface area (Å²) >= 11 is 0. The van der Waals surface area contributed by atoms with Crippen molar-refractivity contribution in [3.05, 3.63) is 42.0 Å². The molecule has 0 atom stereocenters. The maximum Gasteiger partial charge on any atom is 0.271 e. The Morgan fingerprint density at radius 1 is 1.24 bits per heavy atom. The number of carbonyl (C=O) groups excluding carboxylic acids is 1. The summed E-state index contributed by atoms with van der Waals surface area (Å²) in [7, 11) is 0. The first-order chi connectivity index (χ1) is 8.08. The van der Waals surface area contributed by atoms with E-state index in [1.807, 2.05) is 0 Å². The number of rotatable bonds is 2. The number of nitrogens with zero attached hydrogens (tertiary/aromatic N) is 2. The minimum atomic E-state index is -0.751. The fourth-order valence-corrected chi connectivity index (χ4v) is 1.34. The molecule has 1 heterocycles. The normalized spacial score (nSPS) is 10.2. The average molecular weight is 232 g/mol. The summed E-state index contributed by atoms with van der Waals surface area (Å²) in [5.74, 6) is -1.13. The highest BCUT2D eigenvalue weighted by Crippen LogP contribution is 2.18. The SMILES string of the molecule is NC(=O)c1nc(-c2ccc(F)cc2)cnc1N. The fourth-order valence-electron chi connectivity index (χ4n) is 1.34. The molecule has 1 amide bonds. The fraction of sp³-hybridized carbons (Fsp3) is 0. The Hall–Kier alpha value is -2.50. The van der Waals surface area contributed by atoms with Gasteiger partial charge in [-0.15, -0.1) is 0 Å². The molecular formula is C11H9FN4O. The second-order valence-corrected chi connectivity index (χ2v) is 3.36. The van der Waals surface area contributed by atoms with Crippen LogP contribution >= 0.6 is 0 Å². The van der Waals surface area contributed by atoms with E-state index in [1.54, 1.807) is 0 Å². The van der Waals surface area contributed by atoms with Gasteiger partial charge in [0.05, 0.1) is 11.9 Å². The monoisotopic (exact) mass is 232 g/mol. The molecule has 0 radical (unpaired) electrons. The number of hydrogen-bond acceptors (Lipinski definition) is 4. The summed E-state index contributed by atoms with van der Waals surface area (Å²) in [5, 5.41) is 0. The summed E-state index contributed by atoms with van der Waals surface area (Å²) < 4.78 is 12.7. The maximum absolute atomic E-state index is 12.7. The van der Waals surface area contributed by atoms with Gasteiger partial charge in [-0.2, -0.15) is 0 Å². The third-order valence-electron chi connectivity index (χ3n) is 2.17. The van der Waals surface area contributed by atoms with Gasteiger partial charge >= 0.3 is 0 Å². The quantitative estimate of drug-likeness (QED) is 0.806. The standard InChI is InChI=1S/C11H9FN4O/c12-7-3-1-6(2-4-7)8-5-15-10(13)9(16-8)11(14)17/h1-5H,(H2,13,15)(H2,14,17). The van der Waals surface area contributed by atoms with Crippen LogP contribution in [0.25, 0.3) is 11.3 Å². The molecule has 0 aliphatic heterocycles. The molecule has 0 unspecified atom stereocenters. The van der Waals surface area contributed by atoms with Crippen molar-refractivity contribution in [1.29, 1.82) is 0 Å². The molecule has 5 nitrogen and oxygen atoms in total. The van der Waals surface area contributed by atoms with Crippen LogP contribution in [0.4, 0.5) is 10.2 Å². The van der Waals surface area contributed by atoms with Crippen LogP contribution in [0.1, 0.15) is 10.5 Å². The zero-order valence-electron chi connectivity index (χ0n) is 8.72. The Morgan fingerprint density at radius 3 is 2.47 bits per heavy atom. The van der Waals surface area contributed by atoms with E-state index < -0.39 is 5.91 Å². The third-order valence-corrected chi connectivity index (χ3v) is 2.17. The van der Waals surface area contributed by atoms with E-state index >= 15 is 0 Å². The number of primary amides is 1. The number of nitrogens with two attached hydrogens (primary N) is 2. The molecule has 2 aromatic rings. The molecule has 86 valence electrons. The topological polar surface area (TPSA) is 94.9 Å². The summed E-state index contributed by atoms with van der Waals surface area (Å²) in [5.41, 5.74) is 11.5. The van der Waals surface area contributed by atoms with Gasteiger partial charge in [-0.25, -0.2) is 14.4 Å². The molecular weight excluding hydrogens is 223 g/mol. The van der Waals surface area contributed by atoms with Crippen molar-refractivity contribution < 1.29 is 9.18 Å². The van der Waals surface area contributed by atoms with Crippen LogP contribution in [0.15, 0.2) is 30.5 Å². The van der Waals surface area contributed by atoms with Crippen molar-refractivity contribution in [2.75, 3.05) is 5.73 Å². The van der Waals surface area contributed by atoms with E-state index in [2.05, 4.69) is 9.97 Å². The second kappa shape index (κ2) is 4.17. The summed E-state index contributed by atoms with van der Waals surface area (Å²) in [6.45, 7) is 0. The molecule has 1 aromatic heterocycles. The van der Waals surface area contributed by atoms with Crippen molar-refractivity contribution in [2.24, 2.45) is 5.73 Å². The minimum absolute atomic E-state index is 0.0247. The highest BCUT2D eigenvalue weighted by Gasteiger charge is 2.11. The lowest BCUT2D eigenvalue weighted by molar-refractivity contribution is 0.0996. The van der Waals surface area contributed by atoms with Crippen LogP contribution in [0, 0.1) is 5.82 Å². The lowest BCUT2D eigenvalue weighted by Crippen LogP contribution is -2.17. The Morgan fingerprint density at radius 2 is 1.88 bits per heavy atom. The van der Waals surface area contributed by atoms with Crippen LogP contribution in [0.2, 0.25) is 0 Å². The Kier molecular flexibility index (Phi) is 2.70. The van der Waals surface area contributed by atoms with E-state index in [4.69, 9.17) is 11.5 Å². The van der Waals surface area contributed by atoms with Crippen LogP contribution in [0.3, 0.4) is 0 Å². The average Bonchev–Trinajstić information content (AvgIpc) is 2.30. The van der Waals surface area contributed by atoms with Crippen LogP contribution in [-0.2, 0) is 0 Å². The number of halogens is 1. The first-order valence-electron chi connectivity index (χ1n) is 4.76. The van der Waals surface area contributed by atoms with Gasteiger partial charge < -0.3 is 11.5 Å². The molecule has 4 N–H and O–H groups in total. The van der Waals surface area contributed by atoms with E-state index in [0.717, 1.165) is 0 Å². The van der Waals surface area contributed by atoms with Gasteiger partial charge in [0.1, 0.15) is 5.82 Å². The number of nitrogen functional groups attached to an aromatic ring is 1. The molecule has 0 aliphatic rings. The van der Waals surface area contributed by atoms with Crippen molar-refractivity contribution in [1.82, 2.24) is 9.97 Å². The number of hydrogen-bond donors (Lipinski definition) is 2. The van der Waals surface area contributed by atoms with Crippen molar-refractivity contribution in [3.63, 3.8) is 0 Å². The highest BCUT2D eigenvalue weighted by molar-refractivity contribution is 5.95. The molecule has 0 bridgehead atoms. The number of amides is 1. The maximum atomic E-state index is 12.7. The number of benzene rings is 1. The zero-order valence-corrected chi connectivity index (χ0v) is 8.72. The molecule has 17 heavy (non-hydrogen) atoms. The van der Waals surface area contributed by atoms with Gasteiger partial charge in [-0.1, -0.05) is 0 Å². The lowest BCUT2D eigenvalue weighted by atomic mass is 10.1. The predicted molar refractivity (Wildman–Crippen MR) is 60.4 cm³/mol. The molecule has 0 saturated carbocycles. The molecule has 0 fully saturated rings. The van der Waals surface area contributed by atoms with Crippen LogP contribution < -0.4 is 11.5 Å². The first kappa shape index (κ1) is 11.0. The molecule has 6 heteroatoms. The summed E-state index contributed by atoms with van der Waals surface area (Å²) in [6.07, 6.45) is 1.40. The summed E-state index contributed by atoms with van der Waals surface area (Å²) in [6, 6.07) is 5.63. The van der Waals surface area contributed by atoms with Gasteiger partial charge in [0.25, 0.3) is 5.91 Å². The smallest absolute Gasteiger partial charge is 0.271 e. The minimum Gasteiger partial charge on any atom is -0.382 e. The van der Waals surface area contributed by atoms with E-state index in [9.17, 15) is 9.18 Å². The van der Waals surface area contributed by atoms with Gasteiger partial charge in [-0.3, -0.25) is 4.79 Å². The van der Waals surface area contributed by atoms with Gasteiger partial charge in [0.15, 0.2) is 11.5 Å². The molecule has 0 aliphatic carbocycles. The van der Waals surface area contributed by atoms with Gasteiger partial charge in [0, 0.05) is 5.56 Å². The van der Waals surface area contributed by atoms with Crippen molar-refractivity contribution in [2.45, 2.75) is 0 Å². The van der Waals surface area contributed by atoms with E-state index in [0.29, 0.717) is 11.3 Å². The Labute approximate surface area is 96.3 Å². The predicted octanol–water partition coefficient (Wildman–Crippen LogP) is 0.964. The lowest BCUT2D eigenvalue weighted by Gasteiger charge is -2.04. The van der Waals surface area contributed by atoms with Crippen LogP contribution in [0.5, 0.6) is 0 Å². The van der Waals surface area contributed by atoms with E-state index in [-0.39, 0.29) is 17.3 Å². The van der Waals surface area contributed by atoms with Crippen LogP contribution in [-0.4, -0.2) is 15.9 Å². The van der Waals surface area contributed by atoms with Crippen molar-refractivity contribution >= 4 is 11.7 Å². The third kappa shape index (κ3) is 2.20. The highest BCUT2D eigenvalue weighted by atomic mass is 19.1. The summed E-state index contributed by atoms with van der Waals surface area (Å²) in [4.78, 5) is 18.8. The van der Waals surface area contributed by atoms with Crippen molar-refractivity contribution in [3.8, 4) is 11.3 Å². The largest absolute Gasteiger partial charge is 0.382 e. The first-order valence-corrected chi connectivity index (χ1v) is 4.76. The molecule has 2 rings (SSSR count). The number of carbonyl (C=O) groups is 1. The Balaban J connectivity index is 2.50. The second-order valence-electron chi connectivity index (χ2n) is 3.36. The van der Waals surface area contributed by atoms with E-state index in [1.165, 1.54) is 30.5 Å². The molecule has 1 aromatic carbocycles. The molecule has 0 saturated heterocycles. The molecule has 0 spiro atoms. The van der Waals surface area contributed by atoms with Gasteiger partial charge in [-0.05, 0) is 24.3 Å². The number of anilines is 1. The van der Waals surface area contributed by atoms with Gasteiger partial charge in [0.2, 0.25) is 0 Å². The Bertz CT molecular complexity index is 568. The zero-order chi connectivity index (χ0) is 12.4.